The summed E-state index contributed by atoms with van der Waals surface area (Å²) < 4.78 is 60.7. The van der Waals surface area contributed by atoms with Gasteiger partial charge in [-0.25, -0.2) is 4.39 Å². The van der Waals surface area contributed by atoms with Crippen LogP contribution >= 0.6 is 0 Å². The van der Waals surface area contributed by atoms with Crippen molar-refractivity contribution in [3.8, 4) is 11.5 Å². The molecule has 1 saturated heterocycles. The molecule has 2 aliphatic heterocycles. The number of para-hydroxylation sites is 1. The van der Waals surface area contributed by atoms with Crippen molar-refractivity contribution in [3.05, 3.63) is 29.5 Å². The van der Waals surface area contributed by atoms with Gasteiger partial charge in [0.15, 0.2) is 11.5 Å². The molecule has 4 nitrogen and oxygen atoms in total. The van der Waals surface area contributed by atoms with Gasteiger partial charge in [-0.1, -0.05) is 12.1 Å². The fraction of sp³-hybridized carbons (Fsp3) is 0.467. The molecule has 0 unspecified atom stereocenters. The molecule has 0 bridgehead atoms. The molecule has 2 heterocycles. The van der Waals surface area contributed by atoms with E-state index in [9.17, 15) is 13.2 Å². The van der Waals surface area contributed by atoms with Crippen LogP contribution in [0, 0.1) is 0 Å². The predicted octanol–water partition coefficient (Wildman–Crippen LogP) is 3.95. The number of benzene rings is 1. The molecule has 3 rings (SSSR count). The molecule has 2 aliphatic rings. The number of hydrogen-bond acceptors (Lipinski definition) is 4. The summed E-state index contributed by atoms with van der Waals surface area (Å²) in [5.41, 5.74) is -2.02. The van der Waals surface area contributed by atoms with Gasteiger partial charge in [0.05, 0.1) is 11.2 Å². The Morgan fingerprint density at radius 3 is 2.26 bits per heavy atom. The third-order valence-electron chi connectivity index (χ3n) is 4.23. The van der Waals surface area contributed by atoms with E-state index in [0.717, 1.165) is 6.08 Å². The Morgan fingerprint density at radius 2 is 1.65 bits per heavy atom. The molecule has 0 saturated carbocycles. The van der Waals surface area contributed by atoms with Gasteiger partial charge in [-0.2, -0.15) is 0 Å². The maximum atomic E-state index is 14.5. The van der Waals surface area contributed by atoms with Crippen molar-refractivity contribution in [1.29, 1.82) is 0 Å². The lowest BCUT2D eigenvalue weighted by atomic mass is 9.86. The number of ether oxygens (including phenoxy) is 2. The van der Waals surface area contributed by atoms with Crippen LogP contribution in [0.5, 0.6) is 11.5 Å². The summed E-state index contributed by atoms with van der Waals surface area (Å²) in [6.45, 7) is 7.16. The maximum absolute atomic E-state index is 14.5. The molecule has 0 amide bonds. The minimum atomic E-state index is -3.76. The van der Waals surface area contributed by atoms with Crippen LogP contribution in [0.4, 0.5) is 13.2 Å². The Bertz CT molecular complexity index is 657. The van der Waals surface area contributed by atoms with Gasteiger partial charge in [0.1, 0.15) is 5.73 Å². The molecule has 124 valence electrons. The lowest BCUT2D eigenvalue weighted by molar-refractivity contribution is -0.286. The summed E-state index contributed by atoms with van der Waals surface area (Å²) >= 11 is 0. The van der Waals surface area contributed by atoms with Gasteiger partial charge in [-0.05, 0) is 39.8 Å². The molecular weight excluding hydrogens is 312 g/mol. The lowest BCUT2D eigenvalue weighted by Gasteiger charge is -2.32. The summed E-state index contributed by atoms with van der Waals surface area (Å²) in [7, 11) is -1.21. The molecule has 0 spiro atoms. The van der Waals surface area contributed by atoms with Gasteiger partial charge in [0.2, 0.25) is 0 Å². The first-order valence-corrected chi connectivity index (χ1v) is 7.12. The third-order valence-corrected chi connectivity index (χ3v) is 4.23. The first-order valence-electron chi connectivity index (χ1n) is 7.12. The predicted molar refractivity (Wildman–Crippen MR) is 77.8 cm³/mol. The van der Waals surface area contributed by atoms with Gasteiger partial charge in [0.25, 0.3) is 0 Å². The molecule has 1 aromatic carbocycles. The van der Waals surface area contributed by atoms with E-state index in [1.54, 1.807) is 27.7 Å². The van der Waals surface area contributed by atoms with Crippen LogP contribution in [0.2, 0.25) is 0 Å². The van der Waals surface area contributed by atoms with E-state index in [4.69, 9.17) is 9.31 Å². The summed E-state index contributed by atoms with van der Waals surface area (Å²) in [5.74, 6) is -0.366. The van der Waals surface area contributed by atoms with Crippen LogP contribution in [0.25, 0.3) is 6.08 Å². The Kier molecular flexibility index (Phi) is 3.46. The van der Waals surface area contributed by atoms with E-state index >= 15 is 0 Å². The quantitative estimate of drug-likeness (QED) is 0.771. The average molecular weight is 328 g/mol. The van der Waals surface area contributed by atoms with Crippen LogP contribution in [0.1, 0.15) is 33.3 Å². The van der Waals surface area contributed by atoms with E-state index in [1.165, 1.54) is 18.2 Å². The highest BCUT2D eigenvalue weighted by Gasteiger charge is 2.53. The minimum Gasteiger partial charge on any atom is -0.398 e. The van der Waals surface area contributed by atoms with E-state index in [1.807, 2.05) is 0 Å². The van der Waals surface area contributed by atoms with E-state index in [-0.39, 0.29) is 17.1 Å². The lowest BCUT2D eigenvalue weighted by Crippen LogP contribution is -2.41. The zero-order valence-corrected chi connectivity index (χ0v) is 13.2. The Balaban J connectivity index is 1.89. The van der Waals surface area contributed by atoms with Crippen LogP contribution in [0.15, 0.2) is 23.9 Å². The highest BCUT2D eigenvalue weighted by molar-refractivity contribution is 6.54. The summed E-state index contributed by atoms with van der Waals surface area (Å²) in [6, 6.07) is 4.22. The summed E-state index contributed by atoms with van der Waals surface area (Å²) in [6.07, 6.45) is -2.71. The largest absolute Gasteiger partial charge is 0.586 e. The number of rotatable bonds is 2. The Labute approximate surface area is 132 Å². The second-order valence-corrected chi connectivity index (χ2v) is 6.46. The second-order valence-electron chi connectivity index (χ2n) is 6.46. The molecule has 8 heteroatoms. The molecule has 1 fully saturated rings. The average Bonchev–Trinajstić information content (AvgIpc) is 2.82. The maximum Gasteiger partial charge on any atom is 0.586 e. The molecule has 1 aromatic rings. The smallest absolute Gasteiger partial charge is 0.398 e. The van der Waals surface area contributed by atoms with Crippen LogP contribution < -0.4 is 9.47 Å². The highest BCUT2D eigenvalue weighted by Crippen LogP contribution is 2.45. The number of hydrogen-bond donors (Lipinski definition) is 0. The molecule has 23 heavy (non-hydrogen) atoms. The van der Waals surface area contributed by atoms with Crippen molar-refractivity contribution in [2.24, 2.45) is 0 Å². The third kappa shape index (κ3) is 2.81. The second kappa shape index (κ2) is 4.91. The zero-order valence-electron chi connectivity index (χ0n) is 13.2. The van der Waals surface area contributed by atoms with Crippen LogP contribution in [0.3, 0.4) is 0 Å². The number of fused-ring (bicyclic) bond motifs is 1. The van der Waals surface area contributed by atoms with Gasteiger partial charge in [0, 0.05) is 5.56 Å². The topological polar surface area (TPSA) is 36.9 Å². The number of halogens is 3. The molecule has 0 atom stereocenters. The summed E-state index contributed by atoms with van der Waals surface area (Å²) in [5, 5.41) is 0. The standard InChI is InChI=1S/C15H16BF3O4/c1-13(2)14(3,4)23-16(22-13)11(17)8-9-6-5-7-10-12(9)21-15(18,19)20-10/h5-8H,1-4H3. The molecule has 0 aliphatic carbocycles. The van der Waals surface area contributed by atoms with Gasteiger partial charge < -0.3 is 18.8 Å². The van der Waals surface area contributed by atoms with Crippen molar-refractivity contribution in [1.82, 2.24) is 0 Å². The molecular formula is C15H16BF3O4. The number of alkyl halides is 2. The molecule has 0 aromatic heterocycles. The Hall–Kier alpha value is -1.67. The monoisotopic (exact) mass is 328 g/mol. The first-order chi connectivity index (χ1) is 10.5. The van der Waals surface area contributed by atoms with Crippen molar-refractivity contribution in [2.45, 2.75) is 45.2 Å². The van der Waals surface area contributed by atoms with Gasteiger partial charge in [-0.15, -0.1) is 8.78 Å². The van der Waals surface area contributed by atoms with Crippen molar-refractivity contribution >= 4 is 13.2 Å². The fourth-order valence-corrected chi connectivity index (χ4v) is 2.28. The molecule has 0 N–H and O–H groups in total. The van der Waals surface area contributed by atoms with E-state index in [2.05, 4.69) is 9.47 Å². The fourth-order valence-electron chi connectivity index (χ4n) is 2.28. The van der Waals surface area contributed by atoms with E-state index in [0.29, 0.717) is 0 Å². The normalized spacial score (nSPS) is 24.1. The van der Waals surface area contributed by atoms with Crippen LogP contribution in [-0.4, -0.2) is 24.6 Å². The Morgan fingerprint density at radius 1 is 1.04 bits per heavy atom. The van der Waals surface area contributed by atoms with Crippen molar-refractivity contribution in [3.63, 3.8) is 0 Å². The van der Waals surface area contributed by atoms with Crippen LogP contribution in [-0.2, 0) is 9.31 Å². The van der Waals surface area contributed by atoms with Gasteiger partial charge >= 0.3 is 13.4 Å². The van der Waals surface area contributed by atoms with E-state index < -0.39 is 30.3 Å². The van der Waals surface area contributed by atoms with Crippen molar-refractivity contribution < 1.29 is 32.0 Å². The minimum absolute atomic E-state index is 0.117. The zero-order chi connectivity index (χ0) is 17.0. The highest BCUT2D eigenvalue weighted by atomic mass is 19.3. The van der Waals surface area contributed by atoms with Gasteiger partial charge in [-0.3, -0.25) is 0 Å². The first kappa shape index (κ1) is 16.2. The summed E-state index contributed by atoms with van der Waals surface area (Å²) in [4.78, 5) is 0. The SMILES string of the molecule is CC1(C)OB(C(F)=Cc2cccc3c2OC(F)(F)O3)OC1(C)C. The molecule has 0 radical (unpaired) electrons. The van der Waals surface area contributed by atoms with Crippen molar-refractivity contribution in [2.75, 3.05) is 0 Å².